The number of ether oxygens (including phenoxy) is 1. The first kappa shape index (κ1) is 15.0. The van der Waals surface area contributed by atoms with Gasteiger partial charge in [0.15, 0.2) is 5.78 Å². The highest BCUT2D eigenvalue weighted by molar-refractivity contribution is 5.88. The number of nitrogens with one attached hydrogen (secondary N) is 1. The molecule has 1 atom stereocenters. The molecule has 0 unspecified atom stereocenters. The first-order valence-electron chi connectivity index (χ1n) is 6.83. The third-order valence-electron chi connectivity index (χ3n) is 3.17. The van der Waals surface area contributed by atoms with E-state index in [1.165, 1.54) is 6.42 Å². The molecule has 0 heterocycles. The summed E-state index contributed by atoms with van der Waals surface area (Å²) < 4.78 is 5.14. The van der Waals surface area contributed by atoms with Crippen LogP contribution in [-0.4, -0.2) is 23.5 Å². The molecule has 1 fully saturated rings. The third-order valence-corrected chi connectivity index (χ3v) is 3.17. The molecule has 4 nitrogen and oxygen atoms in total. The summed E-state index contributed by atoms with van der Waals surface area (Å²) in [5.74, 6) is 0.254. The van der Waals surface area contributed by atoms with Crippen LogP contribution in [0.5, 0.6) is 0 Å². The highest BCUT2D eigenvalue weighted by atomic mass is 16.6. The van der Waals surface area contributed by atoms with Gasteiger partial charge >= 0.3 is 6.09 Å². The summed E-state index contributed by atoms with van der Waals surface area (Å²) in [5.41, 5.74) is -0.530. The van der Waals surface area contributed by atoms with Gasteiger partial charge in [-0.15, -0.1) is 0 Å². The van der Waals surface area contributed by atoms with E-state index >= 15 is 0 Å². The van der Waals surface area contributed by atoms with Crippen molar-refractivity contribution in [2.75, 3.05) is 0 Å². The van der Waals surface area contributed by atoms with E-state index in [1.54, 1.807) is 27.7 Å². The Morgan fingerprint density at radius 1 is 1.17 bits per heavy atom. The Hall–Kier alpha value is -1.06. The molecule has 0 radical (unpaired) electrons. The van der Waals surface area contributed by atoms with E-state index in [9.17, 15) is 9.59 Å². The lowest BCUT2D eigenvalue weighted by molar-refractivity contribution is -0.125. The number of hydrogen-bond acceptors (Lipinski definition) is 3. The van der Waals surface area contributed by atoms with E-state index in [4.69, 9.17) is 4.74 Å². The molecule has 1 aliphatic carbocycles. The van der Waals surface area contributed by atoms with Gasteiger partial charge in [0.25, 0.3) is 0 Å². The van der Waals surface area contributed by atoms with Crippen molar-refractivity contribution in [3.8, 4) is 0 Å². The van der Waals surface area contributed by atoms with Crippen molar-refractivity contribution in [3.63, 3.8) is 0 Å². The van der Waals surface area contributed by atoms with Crippen LogP contribution in [0.3, 0.4) is 0 Å². The van der Waals surface area contributed by atoms with Crippen molar-refractivity contribution in [1.29, 1.82) is 0 Å². The van der Waals surface area contributed by atoms with Crippen LogP contribution in [0.15, 0.2) is 0 Å². The lowest BCUT2D eigenvalue weighted by Crippen LogP contribution is -2.44. The zero-order valence-electron chi connectivity index (χ0n) is 11.9. The topological polar surface area (TPSA) is 55.4 Å². The Balaban J connectivity index is 2.41. The molecule has 1 amide bonds. The van der Waals surface area contributed by atoms with Crippen molar-refractivity contribution in [3.05, 3.63) is 0 Å². The van der Waals surface area contributed by atoms with Crippen molar-refractivity contribution in [2.24, 2.45) is 5.92 Å². The minimum absolute atomic E-state index is 0.115. The minimum atomic E-state index is -0.530. The van der Waals surface area contributed by atoms with Gasteiger partial charge in [-0.3, -0.25) is 4.79 Å². The smallest absolute Gasteiger partial charge is 0.408 e. The maximum Gasteiger partial charge on any atom is 0.408 e. The molecule has 1 saturated carbocycles. The quantitative estimate of drug-likeness (QED) is 0.843. The maximum absolute atomic E-state index is 12.1. The van der Waals surface area contributed by atoms with Crippen LogP contribution < -0.4 is 5.32 Å². The lowest BCUT2D eigenvalue weighted by atomic mass is 9.84. The van der Waals surface area contributed by atoms with Crippen LogP contribution >= 0.6 is 0 Å². The fourth-order valence-corrected chi connectivity index (χ4v) is 2.30. The Kier molecular flexibility index (Phi) is 5.17. The first-order chi connectivity index (χ1) is 8.29. The molecular weight excluding hydrogens is 230 g/mol. The van der Waals surface area contributed by atoms with Crippen LogP contribution in [0.25, 0.3) is 0 Å². The summed E-state index contributed by atoms with van der Waals surface area (Å²) in [6.07, 6.45) is 4.86. The lowest BCUT2D eigenvalue weighted by Gasteiger charge is -2.25. The van der Waals surface area contributed by atoms with E-state index in [0.29, 0.717) is 0 Å². The van der Waals surface area contributed by atoms with E-state index in [2.05, 4.69) is 5.32 Å². The zero-order chi connectivity index (χ0) is 13.8. The van der Waals surface area contributed by atoms with Crippen LogP contribution in [-0.2, 0) is 9.53 Å². The Morgan fingerprint density at radius 3 is 2.22 bits per heavy atom. The summed E-state index contributed by atoms with van der Waals surface area (Å²) in [7, 11) is 0. The monoisotopic (exact) mass is 255 g/mol. The van der Waals surface area contributed by atoms with Crippen LogP contribution in [0.4, 0.5) is 4.79 Å². The molecule has 0 aromatic heterocycles. The first-order valence-corrected chi connectivity index (χ1v) is 6.83. The number of ketones is 1. The second kappa shape index (κ2) is 6.21. The largest absolute Gasteiger partial charge is 0.444 e. The molecule has 0 spiro atoms. The minimum Gasteiger partial charge on any atom is -0.444 e. The maximum atomic E-state index is 12.1. The number of carbonyl (C=O) groups is 2. The normalized spacial score (nSPS) is 19.1. The zero-order valence-corrected chi connectivity index (χ0v) is 11.9. The predicted molar refractivity (Wildman–Crippen MR) is 70.4 cm³/mol. The average Bonchev–Trinajstić information content (AvgIpc) is 2.26. The highest BCUT2D eigenvalue weighted by Crippen LogP contribution is 2.25. The molecule has 0 bridgehead atoms. The van der Waals surface area contributed by atoms with Crippen molar-refractivity contribution in [2.45, 2.75) is 71.4 Å². The van der Waals surface area contributed by atoms with Crippen molar-refractivity contribution < 1.29 is 14.3 Å². The number of rotatable bonds is 3. The van der Waals surface area contributed by atoms with Crippen LogP contribution in [0, 0.1) is 5.92 Å². The number of hydrogen-bond donors (Lipinski definition) is 1. The molecule has 104 valence electrons. The van der Waals surface area contributed by atoms with Gasteiger partial charge < -0.3 is 10.1 Å². The molecule has 1 N–H and O–H groups in total. The SMILES string of the molecule is C[C@H](NC(=O)OC(C)(C)C)C(=O)C1CCCCC1. The molecule has 1 aliphatic rings. The summed E-state index contributed by atoms with van der Waals surface area (Å²) in [6.45, 7) is 7.15. The number of alkyl carbamates (subject to hydrolysis) is 1. The second-order valence-corrected chi connectivity index (χ2v) is 6.11. The highest BCUT2D eigenvalue weighted by Gasteiger charge is 2.27. The molecule has 0 aromatic carbocycles. The van der Waals surface area contributed by atoms with Gasteiger partial charge in [-0.2, -0.15) is 0 Å². The average molecular weight is 255 g/mol. The number of carbonyl (C=O) groups excluding carboxylic acids is 2. The van der Waals surface area contributed by atoms with E-state index < -0.39 is 17.7 Å². The van der Waals surface area contributed by atoms with Gasteiger partial charge in [0, 0.05) is 5.92 Å². The number of Topliss-reactive ketones (excluding diaryl/α,β-unsaturated/α-hetero) is 1. The van der Waals surface area contributed by atoms with Crippen molar-refractivity contribution >= 4 is 11.9 Å². The molecular formula is C14H25NO3. The third kappa shape index (κ3) is 5.07. The van der Waals surface area contributed by atoms with Crippen LogP contribution in [0.2, 0.25) is 0 Å². The molecule has 18 heavy (non-hydrogen) atoms. The second-order valence-electron chi connectivity index (χ2n) is 6.11. The van der Waals surface area contributed by atoms with Gasteiger partial charge in [-0.25, -0.2) is 4.79 Å². The summed E-state index contributed by atoms with van der Waals surface area (Å²) >= 11 is 0. The van der Waals surface area contributed by atoms with Gasteiger partial charge in [-0.05, 0) is 40.5 Å². The molecule has 0 saturated heterocycles. The Labute approximate surface area is 109 Å². The van der Waals surface area contributed by atoms with Gasteiger partial charge in [-0.1, -0.05) is 19.3 Å². The molecule has 1 rings (SSSR count). The van der Waals surface area contributed by atoms with E-state index in [-0.39, 0.29) is 11.7 Å². The van der Waals surface area contributed by atoms with Gasteiger partial charge in [0.1, 0.15) is 5.60 Å². The molecule has 4 heteroatoms. The van der Waals surface area contributed by atoms with Gasteiger partial charge in [0.2, 0.25) is 0 Å². The van der Waals surface area contributed by atoms with E-state index in [0.717, 1.165) is 25.7 Å². The summed E-state index contributed by atoms with van der Waals surface area (Å²) in [5, 5.41) is 2.62. The van der Waals surface area contributed by atoms with Gasteiger partial charge in [0.05, 0.1) is 6.04 Å². The summed E-state index contributed by atoms with van der Waals surface area (Å²) in [6, 6.07) is -0.456. The van der Waals surface area contributed by atoms with E-state index in [1.807, 2.05) is 0 Å². The Morgan fingerprint density at radius 2 is 1.72 bits per heavy atom. The predicted octanol–water partition coefficient (Wildman–Crippen LogP) is 3.05. The van der Waals surface area contributed by atoms with Crippen LogP contribution in [0.1, 0.15) is 59.8 Å². The standard InChI is InChI=1S/C14H25NO3/c1-10(15-13(17)18-14(2,3)4)12(16)11-8-6-5-7-9-11/h10-11H,5-9H2,1-4H3,(H,15,17)/t10-/m0/s1. The fourth-order valence-electron chi connectivity index (χ4n) is 2.30. The molecule has 0 aromatic rings. The summed E-state index contributed by atoms with van der Waals surface area (Å²) in [4.78, 5) is 23.7. The number of amides is 1. The molecule has 0 aliphatic heterocycles. The van der Waals surface area contributed by atoms with Crippen molar-refractivity contribution in [1.82, 2.24) is 5.32 Å². The fraction of sp³-hybridized carbons (Fsp3) is 0.857. The Bertz CT molecular complexity index is 301.